The maximum Gasteiger partial charge on any atom is 0.277 e. The summed E-state index contributed by atoms with van der Waals surface area (Å²) in [7, 11) is 0. The number of H-pyrrole nitrogens is 1. The van der Waals surface area contributed by atoms with Crippen LogP contribution in [0.1, 0.15) is 35.9 Å². The predicted octanol–water partition coefficient (Wildman–Crippen LogP) is 2.62. The highest BCUT2D eigenvalue weighted by molar-refractivity contribution is 7.99. The van der Waals surface area contributed by atoms with E-state index in [2.05, 4.69) is 25.5 Å². The number of nitrogens with zero attached hydrogens (tertiary/aromatic N) is 2. The highest BCUT2D eigenvalue weighted by atomic mass is 32.2. The molecular formula is C18H23N5O3S2. The first-order valence-corrected chi connectivity index (χ1v) is 11.0. The van der Waals surface area contributed by atoms with Gasteiger partial charge in [-0.2, -0.15) is 0 Å². The van der Waals surface area contributed by atoms with E-state index in [0.717, 1.165) is 25.4 Å². The van der Waals surface area contributed by atoms with Crippen molar-refractivity contribution in [3.8, 4) is 0 Å². The minimum atomic E-state index is -0.496. The van der Waals surface area contributed by atoms with Gasteiger partial charge in [0.2, 0.25) is 5.91 Å². The number of rotatable bonds is 7. The summed E-state index contributed by atoms with van der Waals surface area (Å²) in [5, 5.41) is 7.28. The third kappa shape index (κ3) is 5.66. The maximum absolute atomic E-state index is 12.5. The number of carbonyl (C=O) groups is 2. The molecular weight excluding hydrogens is 398 g/mol. The molecule has 28 heavy (non-hydrogen) atoms. The van der Waals surface area contributed by atoms with Crippen LogP contribution in [0.25, 0.3) is 0 Å². The Morgan fingerprint density at radius 2 is 2.07 bits per heavy atom. The van der Waals surface area contributed by atoms with E-state index >= 15 is 0 Å². The summed E-state index contributed by atoms with van der Waals surface area (Å²) in [4.78, 5) is 46.3. The van der Waals surface area contributed by atoms with Crippen LogP contribution in [0.5, 0.6) is 0 Å². The fourth-order valence-electron chi connectivity index (χ4n) is 2.93. The molecule has 3 rings (SSSR count). The second kappa shape index (κ2) is 9.85. The Morgan fingerprint density at radius 1 is 1.29 bits per heavy atom. The lowest BCUT2D eigenvalue weighted by molar-refractivity contribution is -0.114. The summed E-state index contributed by atoms with van der Waals surface area (Å²) in [6.07, 6.45) is 3.74. The molecule has 10 heteroatoms. The molecule has 0 atom stereocenters. The first-order chi connectivity index (χ1) is 13.5. The van der Waals surface area contributed by atoms with Crippen molar-refractivity contribution in [2.45, 2.75) is 31.3 Å². The topological polar surface area (TPSA) is 107 Å². The Balaban J connectivity index is 1.72. The molecule has 3 N–H and O–H groups in total. The van der Waals surface area contributed by atoms with Gasteiger partial charge in [0, 0.05) is 19.2 Å². The first kappa shape index (κ1) is 20.6. The normalized spacial score (nSPS) is 14.6. The maximum atomic E-state index is 12.5. The molecule has 0 unspecified atom stereocenters. The van der Waals surface area contributed by atoms with E-state index in [-0.39, 0.29) is 17.4 Å². The van der Waals surface area contributed by atoms with E-state index in [1.54, 1.807) is 17.5 Å². The van der Waals surface area contributed by atoms with Crippen molar-refractivity contribution in [3.63, 3.8) is 0 Å². The molecule has 0 aromatic carbocycles. The molecule has 150 valence electrons. The Bertz CT molecular complexity index is 876. The molecule has 0 saturated carbocycles. The molecule has 3 heterocycles. The summed E-state index contributed by atoms with van der Waals surface area (Å²) in [6, 6.07) is 3.41. The molecule has 1 fully saturated rings. The van der Waals surface area contributed by atoms with Crippen LogP contribution in [0.3, 0.4) is 0 Å². The van der Waals surface area contributed by atoms with Crippen LogP contribution in [-0.2, 0) is 4.79 Å². The van der Waals surface area contributed by atoms with Crippen LogP contribution < -0.4 is 16.2 Å². The van der Waals surface area contributed by atoms with Crippen molar-refractivity contribution in [1.82, 2.24) is 14.9 Å². The zero-order chi connectivity index (χ0) is 19.9. The van der Waals surface area contributed by atoms with Crippen LogP contribution in [0.15, 0.2) is 27.5 Å². The molecule has 0 aliphatic carbocycles. The van der Waals surface area contributed by atoms with E-state index < -0.39 is 11.5 Å². The standard InChI is InChI=1S/C18H23N5O3S2/c1-12(24)19-15-14(20-16(25)13-6-5-10-27-13)17(26)22-18(21-15)28-11-9-23-7-3-2-4-8-23/h5-6,10H,2-4,7-9,11H2,1H3,(H,20,25)(H2,19,21,22,24,26). The van der Waals surface area contributed by atoms with Crippen LogP contribution in [-0.4, -0.2) is 52.1 Å². The SMILES string of the molecule is CC(=O)Nc1nc(SCCN2CCCCC2)[nH]c(=O)c1NC(=O)c1cccs1. The highest BCUT2D eigenvalue weighted by Gasteiger charge is 2.17. The minimum Gasteiger partial charge on any atom is -0.314 e. The smallest absolute Gasteiger partial charge is 0.277 e. The molecule has 0 radical (unpaired) electrons. The third-order valence-electron chi connectivity index (χ3n) is 4.27. The summed E-state index contributed by atoms with van der Waals surface area (Å²) >= 11 is 2.69. The number of aromatic nitrogens is 2. The van der Waals surface area contributed by atoms with Gasteiger partial charge >= 0.3 is 0 Å². The van der Waals surface area contributed by atoms with Gasteiger partial charge in [-0.1, -0.05) is 24.2 Å². The number of thioether (sulfide) groups is 1. The molecule has 1 saturated heterocycles. The van der Waals surface area contributed by atoms with Gasteiger partial charge in [-0.3, -0.25) is 19.4 Å². The highest BCUT2D eigenvalue weighted by Crippen LogP contribution is 2.21. The number of piperidine rings is 1. The van der Waals surface area contributed by atoms with Gasteiger partial charge in [-0.05, 0) is 37.4 Å². The Hall–Kier alpha value is -2.17. The molecule has 2 aromatic rings. The monoisotopic (exact) mass is 421 g/mol. The zero-order valence-electron chi connectivity index (χ0n) is 15.6. The van der Waals surface area contributed by atoms with Crippen molar-refractivity contribution in [3.05, 3.63) is 32.7 Å². The average molecular weight is 422 g/mol. The van der Waals surface area contributed by atoms with E-state index in [9.17, 15) is 14.4 Å². The van der Waals surface area contributed by atoms with Gasteiger partial charge < -0.3 is 15.5 Å². The predicted molar refractivity (Wildman–Crippen MR) is 112 cm³/mol. The van der Waals surface area contributed by atoms with Crippen molar-refractivity contribution < 1.29 is 9.59 Å². The summed E-state index contributed by atoms with van der Waals surface area (Å²) in [5.74, 6) is 0.0543. The molecule has 0 spiro atoms. The molecule has 2 amide bonds. The summed E-state index contributed by atoms with van der Waals surface area (Å²) < 4.78 is 0. The number of likely N-dealkylation sites (tertiary alicyclic amines) is 1. The van der Waals surface area contributed by atoms with Crippen molar-refractivity contribution >= 4 is 46.4 Å². The molecule has 1 aliphatic rings. The fraction of sp³-hybridized carbons (Fsp3) is 0.444. The van der Waals surface area contributed by atoms with E-state index in [4.69, 9.17) is 0 Å². The Labute approximate surface area is 171 Å². The second-order valence-electron chi connectivity index (χ2n) is 6.46. The van der Waals surface area contributed by atoms with Gasteiger partial charge in [0.1, 0.15) is 0 Å². The van der Waals surface area contributed by atoms with Crippen molar-refractivity contribution in [2.24, 2.45) is 0 Å². The molecule has 0 bridgehead atoms. The molecule has 2 aromatic heterocycles. The van der Waals surface area contributed by atoms with E-state index in [1.165, 1.54) is 49.3 Å². The zero-order valence-corrected chi connectivity index (χ0v) is 17.3. The molecule has 8 nitrogen and oxygen atoms in total. The van der Waals surface area contributed by atoms with Gasteiger partial charge in [0.05, 0.1) is 4.88 Å². The number of thiophene rings is 1. The number of nitrogens with one attached hydrogen (secondary N) is 3. The number of amides is 2. The lowest BCUT2D eigenvalue weighted by Gasteiger charge is -2.25. The third-order valence-corrected chi connectivity index (χ3v) is 5.99. The van der Waals surface area contributed by atoms with E-state index in [0.29, 0.717) is 10.0 Å². The Morgan fingerprint density at radius 3 is 2.75 bits per heavy atom. The van der Waals surface area contributed by atoms with Crippen molar-refractivity contribution in [1.29, 1.82) is 0 Å². The number of hydrogen-bond acceptors (Lipinski definition) is 7. The summed E-state index contributed by atoms with van der Waals surface area (Å²) in [5.41, 5.74) is -0.557. The van der Waals surface area contributed by atoms with Gasteiger partial charge in [0.15, 0.2) is 16.7 Å². The number of aromatic amines is 1. The largest absolute Gasteiger partial charge is 0.314 e. The van der Waals surface area contributed by atoms with Crippen LogP contribution in [0.2, 0.25) is 0 Å². The van der Waals surface area contributed by atoms with Crippen molar-refractivity contribution in [2.75, 3.05) is 36.0 Å². The van der Waals surface area contributed by atoms with Gasteiger partial charge in [-0.25, -0.2) is 4.98 Å². The Kier molecular flexibility index (Phi) is 7.24. The number of hydrogen-bond donors (Lipinski definition) is 3. The summed E-state index contributed by atoms with van der Waals surface area (Å²) in [6.45, 7) is 4.46. The van der Waals surface area contributed by atoms with Gasteiger partial charge in [0.25, 0.3) is 11.5 Å². The lowest BCUT2D eigenvalue weighted by atomic mass is 10.1. The minimum absolute atomic E-state index is 0.0571. The quantitative estimate of drug-likeness (QED) is 0.469. The number of carbonyl (C=O) groups excluding carboxylic acids is 2. The fourth-order valence-corrected chi connectivity index (χ4v) is 4.41. The first-order valence-electron chi connectivity index (χ1n) is 9.15. The number of anilines is 2. The van der Waals surface area contributed by atoms with Crippen LogP contribution >= 0.6 is 23.1 Å². The van der Waals surface area contributed by atoms with E-state index in [1.807, 2.05) is 0 Å². The van der Waals surface area contributed by atoms with Crippen LogP contribution in [0, 0.1) is 0 Å². The molecule has 1 aliphatic heterocycles. The van der Waals surface area contributed by atoms with Gasteiger partial charge in [-0.15, -0.1) is 11.3 Å². The lowest BCUT2D eigenvalue weighted by Crippen LogP contribution is -2.31. The van der Waals surface area contributed by atoms with Crippen LogP contribution in [0.4, 0.5) is 11.5 Å². The second-order valence-corrected chi connectivity index (χ2v) is 8.49. The average Bonchev–Trinajstić information content (AvgIpc) is 3.20.